The van der Waals surface area contributed by atoms with E-state index in [0.717, 1.165) is 28.9 Å². The molecule has 0 saturated heterocycles. The monoisotopic (exact) mass is 332 g/mol. The molecule has 0 spiro atoms. The molecule has 1 aliphatic heterocycles. The molecule has 3 aromatic rings. The van der Waals surface area contributed by atoms with Crippen molar-refractivity contribution in [3.8, 4) is 0 Å². The van der Waals surface area contributed by atoms with Gasteiger partial charge < -0.3 is 15.2 Å². The lowest BCUT2D eigenvalue weighted by atomic mass is 9.96. The number of amides is 2. The van der Waals surface area contributed by atoms with Gasteiger partial charge in [-0.05, 0) is 11.1 Å². The Hall–Kier alpha value is -3.08. The first-order valence-electron chi connectivity index (χ1n) is 8.48. The number of aromatic nitrogens is 2. The van der Waals surface area contributed by atoms with E-state index in [1.54, 1.807) is 6.33 Å². The summed E-state index contributed by atoms with van der Waals surface area (Å²) in [5.74, 6) is 0. The summed E-state index contributed by atoms with van der Waals surface area (Å²) < 4.78 is 0. The Balaban J connectivity index is 1.58. The molecule has 2 heterocycles. The molecule has 1 unspecified atom stereocenters. The van der Waals surface area contributed by atoms with Crippen molar-refractivity contribution in [2.45, 2.75) is 19.0 Å². The zero-order valence-corrected chi connectivity index (χ0v) is 13.9. The second-order valence-corrected chi connectivity index (χ2v) is 6.17. The fraction of sp³-hybridized carbons (Fsp3) is 0.200. The molecule has 0 aliphatic carbocycles. The third-order valence-electron chi connectivity index (χ3n) is 4.59. The van der Waals surface area contributed by atoms with Gasteiger partial charge in [0.1, 0.15) is 6.04 Å². The summed E-state index contributed by atoms with van der Waals surface area (Å²) in [7, 11) is 0. The minimum absolute atomic E-state index is 0.0636. The maximum absolute atomic E-state index is 12.9. The predicted octanol–water partition coefficient (Wildman–Crippen LogP) is 3.27. The smallest absolute Gasteiger partial charge is 0.318 e. The minimum Gasteiger partial charge on any atom is -0.348 e. The summed E-state index contributed by atoms with van der Waals surface area (Å²) >= 11 is 0. The Morgan fingerprint density at radius 1 is 1.12 bits per heavy atom. The van der Waals surface area contributed by atoms with Gasteiger partial charge >= 0.3 is 6.03 Å². The summed E-state index contributed by atoms with van der Waals surface area (Å²) in [5, 5.41) is 3.04. The molecule has 1 atom stereocenters. The van der Waals surface area contributed by atoms with Gasteiger partial charge in [-0.3, -0.25) is 0 Å². The number of fused-ring (bicyclic) bond motifs is 1. The lowest BCUT2D eigenvalue weighted by Crippen LogP contribution is -2.45. The fourth-order valence-electron chi connectivity index (χ4n) is 3.34. The van der Waals surface area contributed by atoms with Crippen molar-refractivity contribution in [2.75, 3.05) is 6.54 Å². The van der Waals surface area contributed by atoms with Gasteiger partial charge in [0.25, 0.3) is 0 Å². The summed E-state index contributed by atoms with van der Waals surface area (Å²) in [6, 6.07) is 19.8. The molecule has 0 saturated carbocycles. The normalized spacial score (nSPS) is 16.3. The van der Waals surface area contributed by atoms with Gasteiger partial charge in [0.2, 0.25) is 0 Å². The number of carbonyl (C=O) groups excluding carboxylic acids is 1. The Kier molecular flexibility index (Phi) is 4.21. The van der Waals surface area contributed by atoms with Crippen LogP contribution in [-0.4, -0.2) is 27.4 Å². The molecule has 1 aliphatic rings. The molecule has 0 bridgehead atoms. The van der Waals surface area contributed by atoms with Gasteiger partial charge in [-0.15, -0.1) is 0 Å². The number of H-pyrrole nitrogens is 1. The van der Waals surface area contributed by atoms with Crippen LogP contribution in [0.3, 0.4) is 0 Å². The SMILES string of the molecule is O=C(NCc1ccccc1)N1CCc2[nH]cnc2C1c1ccccc1. The summed E-state index contributed by atoms with van der Waals surface area (Å²) in [5.41, 5.74) is 4.21. The molecule has 126 valence electrons. The van der Waals surface area contributed by atoms with Gasteiger partial charge in [-0.1, -0.05) is 60.7 Å². The van der Waals surface area contributed by atoms with Gasteiger partial charge in [-0.2, -0.15) is 0 Å². The number of nitrogens with zero attached hydrogens (tertiary/aromatic N) is 2. The number of nitrogens with one attached hydrogen (secondary N) is 2. The highest BCUT2D eigenvalue weighted by molar-refractivity contribution is 5.75. The van der Waals surface area contributed by atoms with E-state index in [-0.39, 0.29) is 12.1 Å². The van der Waals surface area contributed by atoms with E-state index in [0.29, 0.717) is 13.1 Å². The van der Waals surface area contributed by atoms with Crippen molar-refractivity contribution < 1.29 is 4.79 Å². The molecule has 25 heavy (non-hydrogen) atoms. The second-order valence-electron chi connectivity index (χ2n) is 6.17. The van der Waals surface area contributed by atoms with Crippen molar-refractivity contribution in [3.63, 3.8) is 0 Å². The topological polar surface area (TPSA) is 61.0 Å². The molecule has 5 heteroatoms. The third kappa shape index (κ3) is 3.13. The van der Waals surface area contributed by atoms with Crippen LogP contribution in [0.5, 0.6) is 0 Å². The minimum atomic E-state index is -0.160. The number of imidazole rings is 1. The van der Waals surface area contributed by atoms with Gasteiger partial charge in [-0.25, -0.2) is 9.78 Å². The molecule has 2 aromatic carbocycles. The summed E-state index contributed by atoms with van der Waals surface area (Å²) in [6.07, 6.45) is 2.50. The highest BCUT2D eigenvalue weighted by Gasteiger charge is 2.33. The van der Waals surface area contributed by atoms with Crippen molar-refractivity contribution in [1.82, 2.24) is 20.2 Å². The standard InChI is InChI=1S/C20H20N4O/c25-20(21-13-15-7-3-1-4-8-15)24-12-11-17-18(23-14-22-17)19(24)16-9-5-2-6-10-16/h1-10,14,19H,11-13H2,(H,21,25)(H,22,23). The third-order valence-corrected chi connectivity index (χ3v) is 4.59. The fourth-order valence-corrected chi connectivity index (χ4v) is 3.34. The van der Waals surface area contributed by atoms with Crippen LogP contribution in [0, 0.1) is 0 Å². The maximum Gasteiger partial charge on any atom is 0.318 e. The van der Waals surface area contributed by atoms with Crippen LogP contribution in [0.2, 0.25) is 0 Å². The first-order chi connectivity index (χ1) is 12.3. The Morgan fingerprint density at radius 3 is 2.60 bits per heavy atom. The number of benzene rings is 2. The number of rotatable bonds is 3. The van der Waals surface area contributed by atoms with E-state index in [1.165, 1.54) is 0 Å². The number of carbonyl (C=O) groups is 1. The lowest BCUT2D eigenvalue weighted by molar-refractivity contribution is 0.178. The predicted molar refractivity (Wildman–Crippen MR) is 96.0 cm³/mol. The van der Waals surface area contributed by atoms with E-state index in [2.05, 4.69) is 15.3 Å². The van der Waals surface area contributed by atoms with E-state index in [9.17, 15) is 4.79 Å². The zero-order valence-electron chi connectivity index (χ0n) is 13.9. The van der Waals surface area contributed by atoms with E-state index < -0.39 is 0 Å². The average molecular weight is 332 g/mol. The number of aromatic amines is 1. The van der Waals surface area contributed by atoms with Crippen LogP contribution in [-0.2, 0) is 13.0 Å². The van der Waals surface area contributed by atoms with E-state index in [1.807, 2.05) is 65.6 Å². The molecule has 0 fully saturated rings. The molecular formula is C20H20N4O. The highest BCUT2D eigenvalue weighted by atomic mass is 16.2. The molecule has 5 nitrogen and oxygen atoms in total. The lowest BCUT2D eigenvalue weighted by Gasteiger charge is -2.35. The van der Waals surface area contributed by atoms with Crippen molar-refractivity contribution in [2.24, 2.45) is 0 Å². The first-order valence-corrected chi connectivity index (χ1v) is 8.48. The second kappa shape index (κ2) is 6.81. The van der Waals surface area contributed by atoms with Gasteiger partial charge in [0, 0.05) is 25.2 Å². The Morgan fingerprint density at radius 2 is 1.84 bits per heavy atom. The van der Waals surface area contributed by atoms with E-state index in [4.69, 9.17) is 0 Å². The van der Waals surface area contributed by atoms with Crippen LogP contribution in [0.4, 0.5) is 4.79 Å². The summed E-state index contributed by atoms with van der Waals surface area (Å²) in [4.78, 5) is 22.4. The quantitative estimate of drug-likeness (QED) is 0.773. The highest BCUT2D eigenvalue weighted by Crippen LogP contribution is 2.33. The number of urea groups is 1. The van der Waals surface area contributed by atoms with Crippen LogP contribution in [0.25, 0.3) is 0 Å². The van der Waals surface area contributed by atoms with Gasteiger partial charge in [0.15, 0.2) is 0 Å². The molecule has 2 amide bonds. The molecule has 4 rings (SSSR count). The van der Waals surface area contributed by atoms with Crippen molar-refractivity contribution >= 4 is 6.03 Å². The number of hydrogen-bond donors (Lipinski definition) is 2. The summed E-state index contributed by atoms with van der Waals surface area (Å²) in [6.45, 7) is 1.18. The molecule has 2 N–H and O–H groups in total. The zero-order chi connectivity index (χ0) is 17.1. The van der Waals surface area contributed by atoms with Crippen LogP contribution in [0.1, 0.15) is 28.6 Å². The maximum atomic E-state index is 12.9. The Labute approximate surface area is 146 Å². The molecular weight excluding hydrogens is 312 g/mol. The van der Waals surface area contributed by atoms with E-state index >= 15 is 0 Å². The van der Waals surface area contributed by atoms with Crippen molar-refractivity contribution in [1.29, 1.82) is 0 Å². The average Bonchev–Trinajstić information content (AvgIpc) is 3.15. The molecule has 0 radical (unpaired) electrons. The Bertz CT molecular complexity index is 844. The van der Waals surface area contributed by atoms with Gasteiger partial charge in [0.05, 0.1) is 12.0 Å². The van der Waals surface area contributed by atoms with Crippen LogP contribution in [0.15, 0.2) is 67.0 Å². The first kappa shape index (κ1) is 15.4. The molecule has 1 aromatic heterocycles. The van der Waals surface area contributed by atoms with Crippen LogP contribution >= 0.6 is 0 Å². The largest absolute Gasteiger partial charge is 0.348 e. The van der Waals surface area contributed by atoms with Crippen molar-refractivity contribution in [3.05, 3.63) is 89.5 Å². The van der Waals surface area contributed by atoms with Crippen LogP contribution < -0.4 is 5.32 Å². The number of hydrogen-bond acceptors (Lipinski definition) is 2.